The second kappa shape index (κ2) is 6.96. The van der Waals surface area contributed by atoms with Gasteiger partial charge in [-0.05, 0) is 59.2 Å². The van der Waals surface area contributed by atoms with Gasteiger partial charge >= 0.3 is 5.97 Å². The van der Waals surface area contributed by atoms with Gasteiger partial charge in [-0.25, -0.2) is 9.18 Å². The monoisotopic (exact) mass is 447 g/mol. The summed E-state index contributed by atoms with van der Waals surface area (Å²) < 4.78 is 14.8. The smallest absolute Gasteiger partial charge is 0.339 e. The van der Waals surface area contributed by atoms with E-state index in [1.165, 1.54) is 13.0 Å². The lowest BCUT2D eigenvalue weighted by Gasteiger charge is -2.09. The van der Waals surface area contributed by atoms with E-state index in [-0.39, 0.29) is 28.0 Å². The number of aromatic carboxylic acids is 1. The van der Waals surface area contributed by atoms with Crippen molar-refractivity contribution in [1.29, 1.82) is 0 Å². The highest BCUT2D eigenvalue weighted by molar-refractivity contribution is 14.1. The van der Waals surface area contributed by atoms with Crippen LogP contribution in [0.4, 0.5) is 15.1 Å². The quantitative estimate of drug-likeness (QED) is 0.485. The number of benzene rings is 1. The van der Waals surface area contributed by atoms with Crippen molar-refractivity contribution in [3.8, 4) is 0 Å². The fourth-order valence-electron chi connectivity index (χ4n) is 2.27. The summed E-state index contributed by atoms with van der Waals surface area (Å²) in [5, 5.41) is 12.6. The minimum atomic E-state index is -1.13. The number of hydrogen-bond donors (Lipinski definition) is 2. The maximum absolute atomic E-state index is 14.0. The minimum absolute atomic E-state index is 0.0353. The van der Waals surface area contributed by atoms with E-state index in [0.29, 0.717) is 10.4 Å². The molecular formula is C16H15FINO3S. The van der Waals surface area contributed by atoms with Crippen LogP contribution in [0.3, 0.4) is 0 Å². The number of ketones is 1. The van der Waals surface area contributed by atoms with Gasteiger partial charge in [0.15, 0.2) is 5.78 Å². The lowest BCUT2D eigenvalue weighted by Crippen LogP contribution is -2.06. The SMILES string of the molecule is CC(=O)c1sc(Nc2ccc(I)cc2F)c(C(=O)O)c1C(C)C. The topological polar surface area (TPSA) is 66.4 Å². The molecule has 4 nitrogen and oxygen atoms in total. The first-order chi connectivity index (χ1) is 10.7. The third-order valence-corrected chi connectivity index (χ3v) is 5.13. The molecule has 0 aliphatic heterocycles. The van der Waals surface area contributed by atoms with E-state index in [2.05, 4.69) is 5.32 Å². The molecule has 0 radical (unpaired) electrons. The summed E-state index contributed by atoms with van der Waals surface area (Å²) in [6, 6.07) is 4.62. The maximum Gasteiger partial charge on any atom is 0.339 e. The molecule has 0 fully saturated rings. The number of Topliss-reactive ketones (excluding diaryl/α,β-unsaturated/α-hetero) is 1. The van der Waals surface area contributed by atoms with Crippen LogP contribution in [0.2, 0.25) is 0 Å². The van der Waals surface area contributed by atoms with Gasteiger partial charge in [0.25, 0.3) is 0 Å². The molecule has 0 unspecified atom stereocenters. The fourth-order valence-corrected chi connectivity index (χ4v) is 3.98. The summed E-state index contributed by atoms with van der Waals surface area (Å²) in [6.45, 7) is 5.06. The molecular weight excluding hydrogens is 432 g/mol. The van der Waals surface area contributed by atoms with Crippen molar-refractivity contribution in [2.45, 2.75) is 26.7 Å². The van der Waals surface area contributed by atoms with Crippen molar-refractivity contribution in [2.24, 2.45) is 0 Å². The van der Waals surface area contributed by atoms with Crippen molar-refractivity contribution in [3.63, 3.8) is 0 Å². The van der Waals surface area contributed by atoms with E-state index in [1.54, 1.807) is 12.1 Å². The zero-order chi connectivity index (χ0) is 17.3. The maximum atomic E-state index is 14.0. The fraction of sp³-hybridized carbons (Fsp3) is 0.250. The van der Waals surface area contributed by atoms with Crippen LogP contribution < -0.4 is 5.32 Å². The number of carboxylic acids is 1. The van der Waals surface area contributed by atoms with E-state index in [1.807, 2.05) is 36.4 Å². The van der Waals surface area contributed by atoms with Gasteiger partial charge < -0.3 is 10.4 Å². The Balaban J connectivity index is 2.60. The first-order valence-electron chi connectivity index (χ1n) is 6.85. The molecule has 2 N–H and O–H groups in total. The Bertz CT molecular complexity index is 786. The standard InChI is InChI=1S/C16H15FINO3S/c1-7(2)12-13(16(21)22)15(23-14(12)8(3)20)19-11-5-4-9(18)6-10(11)17/h4-7,19H,1-3H3,(H,21,22). The van der Waals surface area contributed by atoms with Gasteiger partial charge in [-0.1, -0.05) is 13.8 Å². The van der Waals surface area contributed by atoms with E-state index in [4.69, 9.17) is 0 Å². The van der Waals surface area contributed by atoms with Crippen molar-refractivity contribution in [1.82, 2.24) is 0 Å². The van der Waals surface area contributed by atoms with Crippen LogP contribution in [0.25, 0.3) is 0 Å². The Kier molecular flexibility index (Phi) is 5.41. The Hall–Kier alpha value is -1.48. The molecule has 0 aliphatic rings. The van der Waals surface area contributed by atoms with Gasteiger partial charge in [-0.3, -0.25) is 4.79 Å². The molecule has 2 aromatic rings. The molecule has 0 spiro atoms. The van der Waals surface area contributed by atoms with Gasteiger partial charge in [0, 0.05) is 3.57 Å². The summed E-state index contributed by atoms with van der Waals surface area (Å²) in [5.41, 5.74) is 0.705. The summed E-state index contributed by atoms with van der Waals surface area (Å²) in [4.78, 5) is 23.9. The molecule has 1 heterocycles. The molecule has 1 aromatic carbocycles. The number of rotatable bonds is 5. The van der Waals surface area contributed by atoms with Crippen LogP contribution in [-0.2, 0) is 0 Å². The van der Waals surface area contributed by atoms with Gasteiger partial charge in [0.1, 0.15) is 10.8 Å². The van der Waals surface area contributed by atoms with Gasteiger partial charge in [0.05, 0.1) is 16.1 Å². The summed E-state index contributed by atoms with van der Waals surface area (Å²) in [7, 11) is 0. The molecule has 7 heteroatoms. The molecule has 23 heavy (non-hydrogen) atoms. The number of carboxylic acid groups (broad SMARTS) is 1. The highest BCUT2D eigenvalue weighted by Gasteiger charge is 2.27. The van der Waals surface area contributed by atoms with Crippen LogP contribution in [-0.4, -0.2) is 16.9 Å². The highest BCUT2D eigenvalue weighted by Crippen LogP contribution is 2.40. The largest absolute Gasteiger partial charge is 0.478 e. The molecule has 0 saturated heterocycles. The van der Waals surface area contributed by atoms with Crippen LogP contribution >= 0.6 is 33.9 Å². The third-order valence-electron chi connectivity index (χ3n) is 3.24. The van der Waals surface area contributed by atoms with E-state index < -0.39 is 11.8 Å². The van der Waals surface area contributed by atoms with Crippen LogP contribution in [0.5, 0.6) is 0 Å². The predicted octanol–water partition coefficient (Wildman–Crippen LogP) is 5.26. The van der Waals surface area contributed by atoms with Crippen molar-refractivity contribution < 1.29 is 19.1 Å². The van der Waals surface area contributed by atoms with Crippen LogP contribution in [0.15, 0.2) is 18.2 Å². The average Bonchev–Trinajstić information content (AvgIpc) is 2.81. The lowest BCUT2D eigenvalue weighted by atomic mass is 9.97. The van der Waals surface area contributed by atoms with Crippen LogP contribution in [0, 0.1) is 9.39 Å². The first-order valence-corrected chi connectivity index (χ1v) is 8.74. The molecule has 0 bridgehead atoms. The number of hydrogen-bond acceptors (Lipinski definition) is 4. The zero-order valence-corrected chi connectivity index (χ0v) is 15.7. The van der Waals surface area contributed by atoms with Crippen molar-refractivity contribution >= 4 is 56.4 Å². The first kappa shape index (κ1) is 17.9. The lowest BCUT2D eigenvalue weighted by molar-refractivity contribution is 0.0697. The summed E-state index contributed by atoms with van der Waals surface area (Å²) in [5.74, 6) is -1.94. The Labute approximate surface area is 150 Å². The van der Waals surface area contributed by atoms with E-state index >= 15 is 0 Å². The molecule has 1 aromatic heterocycles. The normalized spacial score (nSPS) is 10.9. The molecule has 0 atom stereocenters. The van der Waals surface area contributed by atoms with E-state index in [0.717, 1.165) is 14.9 Å². The third kappa shape index (κ3) is 3.72. The number of nitrogens with one attached hydrogen (secondary N) is 1. The number of anilines is 2. The predicted molar refractivity (Wildman–Crippen MR) is 97.8 cm³/mol. The number of halogens is 2. The Morgan fingerprint density at radius 1 is 1.35 bits per heavy atom. The second-order valence-corrected chi connectivity index (χ2v) is 7.58. The average molecular weight is 447 g/mol. The van der Waals surface area contributed by atoms with Crippen molar-refractivity contribution in [2.75, 3.05) is 5.32 Å². The van der Waals surface area contributed by atoms with Gasteiger partial charge in [0.2, 0.25) is 0 Å². The van der Waals surface area contributed by atoms with Gasteiger partial charge in [-0.2, -0.15) is 0 Å². The number of carbonyl (C=O) groups excluding carboxylic acids is 1. The Morgan fingerprint density at radius 2 is 2.00 bits per heavy atom. The van der Waals surface area contributed by atoms with Gasteiger partial charge in [-0.15, -0.1) is 11.3 Å². The molecule has 0 aliphatic carbocycles. The molecule has 0 amide bonds. The number of carbonyl (C=O) groups is 2. The zero-order valence-electron chi connectivity index (χ0n) is 12.7. The highest BCUT2D eigenvalue weighted by atomic mass is 127. The molecule has 2 rings (SSSR count). The Morgan fingerprint density at radius 3 is 2.48 bits per heavy atom. The van der Waals surface area contributed by atoms with E-state index in [9.17, 15) is 19.1 Å². The number of thiophene rings is 1. The minimum Gasteiger partial charge on any atom is -0.478 e. The summed E-state index contributed by atoms with van der Waals surface area (Å²) in [6.07, 6.45) is 0. The summed E-state index contributed by atoms with van der Waals surface area (Å²) >= 11 is 3.04. The van der Waals surface area contributed by atoms with Crippen molar-refractivity contribution in [3.05, 3.63) is 43.6 Å². The second-order valence-electron chi connectivity index (χ2n) is 5.31. The van der Waals surface area contributed by atoms with Crippen LogP contribution in [0.1, 0.15) is 52.3 Å². The molecule has 122 valence electrons. The molecule has 0 saturated carbocycles.